The Hall–Kier alpha value is -3.02. The van der Waals surface area contributed by atoms with Crippen molar-refractivity contribution in [1.82, 2.24) is 5.43 Å². The van der Waals surface area contributed by atoms with E-state index in [0.29, 0.717) is 17.1 Å². The predicted molar refractivity (Wildman–Crippen MR) is 87.1 cm³/mol. The summed E-state index contributed by atoms with van der Waals surface area (Å²) in [6.07, 6.45) is 1.35. The van der Waals surface area contributed by atoms with Gasteiger partial charge in [-0.3, -0.25) is 4.79 Å². The van der Waals surface area contributed by atoms with Crippen LogP contribution in [0.1, 0.15) is 11.1 Å². The average Bonchev–Trinajstić information content (AvgIpc) is 2.55. The number of hydrogen-bond donors (Lipinski definition) is 2. The van der Waals surface area contributed by atoms with Gasteiger partial charge in [0.25, 0.3) is 5.91 Å². The molecule has 6 heteroatoms. The van der Waals surface area contributed by atoms with Crippen molar-refractivity contribution in [2.24, 2.45) is 5.10 Å². The maximum atomic E-state index is 11.6. The summed E-state index contributed by atoms with van der Waals surface area (Å²) >= 11 is 0. The van der Waals surface area contributed by atoms with Gasteiger partial charge in [0, 0.05) is 11.6 Å². The molecule has 0 aliphatic rings. The molecule has 2 rings (SSSR count). The Morgan fingerprint density at radius 3 is 2.57 bits per heavy atom. The van der Waals surface area contributed by atoms with Gasteiger partial charge < -0.3 is 14.6 Å². The first-order valence-corrected chi connectivity index (χ1v) is 6.97. The third kappa shape index (κ3) is 5.03. The van der Waals surface area contributed by atoms with Crippen LogP contribution in [0.2, 0.25) is 0 Å². The SMILES string of the molecule is COc1ccc(/C=N/NC(=O)COc2ccc(C)cc2)c(O)c1. The third-order valence-corrected chi connectivity index (χ3v) is 3.02. The fraction of sp³-hybridized carbons (Fsp3) is 0.176. The topological polar surface area (TPSA) is 80.2 Å². The van der Waals surface area contributed by atoms with Gasteiger partial charge in [0.05, 0.1) is 13.3 Å². The van der Waals surface area contributed by atoms with Crippen LogP contribution in [0.4, 0.5) is 0 Å². The minimum Gasteiger partial charge on any atom is -0.507 e. The molecule has 0 aliphatic carbocycles. The number of amides is 1. The number of hydrogen-bond acceptors (Lipinski definition) is 5. The van der Waals surface area contributed by atoms with Gasteiger partial charge in [-0.25, -0.2) is 5.43 Å². The number of aryl methyl sites for hydroxylation is 1. The molecule has 0 bridgehead atoms. The second-order valence-electron chi connectivity index (χ2n) is 4.82. The van der Waals surface area contributed by atoms with E-state index >= 15 is 0 Å². The van der Waals surface area contributed by atoms with Gasteiger partial charge in [-0.2, -0.15) is 5.10 Å². The summed E-state index contributed by atoms with van der Waals surface area (Å²) in [5.41, 5.74) is 3.91. The van der Waals surface area contributed by atoms with E-state index in [4.69, 9.17) is 9.47 Å². The molecule has 2 aromatic carbocycles. The van der Waals surface area contributed by atoms with Crippen LogP contribution in [0, 0.1) is 6.92 Å². The highest BCUT2D eigenvalue weighted by Crippen LogP contribution is 2.21. The summed E-state index contributed by atoms with van der Waals surface area (Å²) in [4.78, 5) is 11.6. The Balaban J connectivity index is 1.83. The second-order valence-corrected chi connectivity index (χ2v) is 4.82. The number of nitrogens with zero attached hydrogens (tertiary/aromatic N) is 1. The van der Waals surface area contributed by atoms with E-state index in [2.05, 4.69) is 10.5 Å². The summed E-state index contributed by atoms with van der Waals surface area (Å²) in [5, 5.41) is 13.5. The summed E-state index contributed by atoms with van der Waals surface area (Å²) < 4.78 is 10.3. The standard InChI is InChI=1S/C17H18N2O4/c1-12-3-6-14(7-4-12)23-11-17(21)19-18-10-13-5-8-15(22-2)9-16(13)20/h3-10,20H,11H2,1-2H3,(H,19,21)/b18-10+. The van der Waals surface area contributed by atoms with Crippen LogP contribution in [0.15, 0.2) is 47.6 Å². The van der Waals surface area contributed by atoms with Crippen molar-refractivity contribution < 1.29 is 19.4 Å². The van der Waals surface area contributed by atoms with Crippen LogP contribution < -0.4 is 14.9 Å². The number of carbonyl (C=O) groups excluding carboxylic acids is 1. The van der Waals surface area contributed by atoms with Crippen LogP contribution in [0.25, 0.3) is 0 Å². The molecule has 0 saturated carbocycles. The van der Waals surface area contributed by atoms with Crippen molar-refractivity contribution in [3.8, 4) is 17.2 Å². The van der Waals surface area contributed by atoms with Crippen LogP contribution in [-0.4, -0.2) is 30.9 Å². The monoisotopic (exact) mass is 314 g/mol. The van der Waals surface area contributed by atoms with Gasteiger partial charge >= 0.3 is 0 Å². The lowest BCUT2D eigenvalue weighted by atomic mass is 10.2. The van der Waals surface area contributed by atoms with Crippen LogP contribution in [-0.2, 0) is 4.79 Å². The fourth-order valence-electron chi connectivity index (χ4n) is 1.75. The van der Waals surface area contributed by atoms with E-state index in [0.717, 1.165) is 5.56 Å². The molecule has 0 aliphatic heterocycles. The van der Waals surface area contributed by atoms with E-state index in [9.17, 15) is 9.90 Å². The van der Waals surface area contributed by atoms with Crippen molar-refractivity contribution in [2.45, 2.75) is 6.92 Å². The highest BCUT2D eigenvalue weighted by molar-refractivity contribution is 5.85. The van der Waals surface area contributed by atoms with Crippen molar-refractivity contribution in [2.75, 3.05) is 13.7 Å². The van der Waals surface area contributed by atoms with Crippen LogP contribution >= 0.6 is 0 Å². The molecule has 0 radical (unpaired) electrons. The molecule has 0 fully saturated rings. The van der Waals surface area contributed by atoms with Crippen LogP contribution in [0.3, 0.4) is 0 Å². The third-order valence-electron chi connectivity index (χ3n) is 3.02. The van der Waals surface area contributed by atoms with Crippen LogP contribution in [0.5, 0.6) is 17.2 Å². The zero-order chi connectivity index (χ0) is 16.7. The highest BCUT2D eigenvalue weighted by Gasteiger charge is 2.03. The first-order chi connectivity index (χ1) is 11.1. The lowest BCUT2D eigenvalue weighted by Crippen LogP contribution is -2.24. The minimum atomic E-state index is -0.394. The Morgan fingerprint density at radius 2 is 1.91 bits per heavy atom. The molecule has 0 atom stereocenters. The molecule has 120 valence electrons. The molecule has 0 unspecified atom stereocenters. The average molecular weight is 314 g/mol. The molecule has 0 saturated heterocycles. The number of hydrazone groups is 1. The van der Waals surface area contributed by atoms with Crippen molar-refractivity contribution in [3.05, 3.63) is 53.6 Å². The predicted octanol–water partition coefficient (Wildman–Crippen LogP) is 2.24. The number of ether oxygens (including phenoxy) is 2. The molecular weight excluding hydrogens is 296 g/mol. The number of phenolic OH excluding ortho intramolecular Hbond substituents is 1. The molecule has 6 nitrogen and oxygen atoms in total. The van der Waals surface area contributed by atoms with Gasteiger partial charge in [0.2, 0.25) is 0 Å². The lowest BCUT2D eigenvalue weighted by molar-refractivity contribution is -0.123. The normalized spacial score (nSPS) is 10.5. The van der Waals surface area contributed by atoms with E-state index in [-0.39, 0.29) is 12.4 Å². The number of methoxy groups -OCH3 is 1. The molecular formula is C17H18N2O4. The maximum absolute atomic E-state index is 11.6. The number of rotatable bonds is 6. The summed E-state index contributed by atoms with van der Waals surface area (Å²) in [6, 6.07) is 12.2. The van der Waals surface area contributed by atoms with Crippen molar-refractivity contribution >= 4 is 12.1 Å². The largest absolute Gasteiger partial charge is 0.507 e. The zero-order valence-electron chi connectivity index (χ0n) is 12.9. The van der Waals surface area contributed by atoms with Crippen molar-refractivity contribution in [1.29, 1.82) is 0 Å². The highest BCUT2D eigenvalue weighted by atomic mass is 16.5. The molecule has 0 aromatic heterocycles. The molecule has 2 N–H and O–H groups in total. The lowest BCUT2D eigenvalue weighted by Gasteiger charge is -2.05. The van der Waals surface area contributed by atoms with Gasteiger partial charge in [-0.05, 0) is 31.2 Å². The Kier molecular flexibility index (Phi) is 5.57. The number of phenols is 1. The van der Waals surface area contributed by atoms with E-state index in [1.165, 1.54) is 19.4 Å². The quantitative estimate of drug-likeness (QED) is 0.633. The van der Waals surface area contributed by atoms with E-state index < -0.39 is 5.91 Å². The van der Waals surface area contributed by atoms with Gasteiger partial charge in [0.15, 0.2) is 6.61 Å². The number of benzene rings is 2. The molecule has 1 amide bonds. The Labute approximate surface area is 134 Å². The summed E-state index contributed by atoms with van der Waals surface area (Å²) in [7, 11) is 1.51. The maximum Gasteiger partial charge on any atom is 0.277 e. The Bertz CT molecular complexity index is 696. The molecule has 0 heterocycles. The summed E-state index contributed by atoms with van der Waals surface area (Å²) in [5.74, 6) is 0.769. The molecule has 2 aromatic rings. The Morgan fingerprint density at radius 1 is 1.22 bits per heavy atom. The molecule has 0 spiro atoms. The fourth-order valence-corrected chi connectivity index (χ4v) is 1.75. The smallest absolute Gasteiger partial charge is 0.277 e. The van der Waals surface area contributed by atoms with E-state index in [1.807, 2.05) is 19.1 Å². The van der Waals surface area contributed by atoms with Gasteiger partial charge in [-0.1, -0.05) is 17.7 Å². The van der Waals surface area contributed by atoms with Gasteiger partial charge in [-0.15, -0.1) is 0 Å². The number of carbonyl (C=O) groups is 1. The number of nitrogens with one attached hydrogen (secondary N) is 1. The number of aromatic hydroxyl groups is 1. The summed E-state index contributed by atoms with van der Waals surface area (Å²) in [6.45, 7) is 1.83. The minimum absolute atomic E-state index is 0.0123. The van der Waals surface area contributed by atoms with E-state index in [1.54, 1.807) is 24.3 Å². The molecule has 23 heavy (non-hydrogen) atoms. The zero-order valence-corrected chi connectivity index (χ0v) is 12.9. The first-order valence-electron chi connectivity index (χ1n) is 6.97. The first kappa shape index (κ1) is 16.4. The van der Waals surface area contributed by atoms with Gasteiger partial charge in [0.1, 0.15) is 17.2 Å². The van der Waals surface area contributed by atoms with Crippen molar-refractivity contribution in [3.63, 3.8) is 0 Å². The second kappa shape index (κ2) is 7.84.